The van der Waals surface area contributed by atoms with E-state index in [1.807, 2.05) is 37.3 Å². The van der Waals surface area contributed by atoms with Crippen molar-refractivity contribution in [2.45, 2.75) is 31.8 Å². The van der Waals surface area contributed by atoms with Gasteiger partial charge in [0.2, 0.25) is 5.91 Å². The third-order valence-corrected chi connectivity index (χ3v) is 2.69. The van der Waals surface area contributed by atoms with Crippen LogP contribution in [0.2, 0.25) is 0 Å². The summed E-state index contributed by atoms with van der Waals surface area (Å²) in [4.78, 5) is 11.7. The first-order chi connectivity index (χ1) is 8.17. The molecule has 0 fully saturated rings. The molecular weight excluding hydrogens is 216 g/mol. The minimum absolute atomic E-state index is 0.0553. The number of hydrogen-bond donors (Lipinski definition) is 3. The van der Waals surface area contributed by atoms with Gasteiger partial charge in [-0.1, -0.05) is 37.3 Å². The van der Waals surface area contributed by atoms with Gasteiger partial charge in [-0.15, -0.1) is 0 Å². The molecule has 1 aromatic rings. The zero-order chi connectivity index (χ0) is 12.7. The summed E-state index contributed by atoms with van der Waals surface area (Å²) < 4.78 is 0. The molecule has 0 saturated heterocycles. The van der Waals surface area contributed by atoms with E-state index >= 15 is 0 Å². The summed E-state index contributed by atoms with van der Waals surface area (Å²) in [6.45, 7) is 1.85. The van der Waals surface area contributed by atoms with Crippen molar-refractivity contribution in [1.29, 1.82) is 0 Å². The van der Waals surface area contributed by atoms with Gasteiger partial charge in [0.15, 0.2) is 0 Å². The monoisotopic (exact) mass is 236 g/mol. The predicted molar refractivity (Wildman–Crippen MR) is 67.4 cm³/mol. The molecule has 0 aliphatic rings. The highest BCUT2D eigenvalue weighted by Crippen LogP contribution is 2.02. The van der Waals surface area contributed by atoms with Crippen molar-refractivity contribution in [3.63, 3.8) is 0 Å². The number of nitrogens with one attached hydrogen (secondary N) is 1. The maximum absolute atomic E-state index is 11.7. The summed E-state index contributed by atoms with van der Waals surface area (Å²) in [5.41, 5.74) is 6.85. The molecule has 94 valence electrons. The van der Waals surface area contributed by atoms with Gasteiger partial charge in [0.05, 0.1) is 18.7 Å². The fourth-order valence-electron chi connectivity index (χ4n) is 1.55. The first-order valence-corrected chi connectivity index (χ1v) is 5.88. The fourth-order valence-corrected chi connectivity index (χ4v) is 1.55. The van der Waals surface area contributed by atoms with Crippen LogP contribution in [0.4, 0.5) is 0 Å². The van der Waals surface area contributed by atoms with E-state index in [0.717, 1.165) is 5.56 Å². The number of aliphatic hydroxyl groups is 1. The zero-order valence-electron chi connectivity index (χ0n) is 10.1. The summed E-state index contributed by atoms with van der Waals surface area (Å²) in [7, 11) is 0. The van der Waals surface area contributed by atoms with E-state index in [-0.39, 0.29) is 18.6 Å². The largest absolute Gasteiger partial charge is 0.394 e. The highest BCUT2D eigenvalue weighted by molar-refractivity contribution is 5.82. The van der Waals surface area contributed by atoms with Crippen LogP contribution in [0.25, 0.3) is 0 Å². The number of aliphatic hydroxyl groups excluding tert-OH is 1. The van der Waals surface area contributed by atoms with Gasteiger partial charge in [0.25, 0.3) is 0 Å². The number of hydrogen-bond acceptors (Lipinski definition) is 3. The summed E-state index contributed by atoms with van der Waals surface area (Å²) in [6.07, 6.45) is 1.20. The summed E-state index contributed by atoms with van der Waals surface area (Å²) in [5.74, 6) is -0.213. The smallest absolute Gasteiger partial charge is 0.237 e. The lowest BCUT2D eigenvalue weighted by molar-refractivity contribution is -0.123. The number of carbonyl (C=O) groups excluding carboxylic acids is 1. The van der Waals surface area contributed by atoms with Gasteiger partial charge < -0.3 is 16.2 Å². The molecule has 0 aliphatic heterocycles. The van der Waals surface area contributed by atoms with Crippen LogP contribution in [0, 0.1) is 0 Å². The minimum atomic E-state index is -0.571. The molecule has 0 heterocycles. The fraction of sp³-hybridized carbons (Fsp3) is 0.462. The molecule has 0 radical (unpaired) electrons. The Labute approximate surface area is 102 Å². The number of rotatable bonds is 6. The van der Waals surface area contributed by atoms with Crippen LogP contribution < -0.4 is 11.1 Å². The van der Waals surface area contributed by atoms with Crippen molar-refractivity contribution >= 4 is 5.91 Å². The molecule has 4 N–H and O–H groups in total. The molecule has 1 rings (SSSR count). The molecule has 0 saturated carbocycles. The van der Waals surface area contributed by atoms with Gasteiger partial charge in [-0.3, -0.25) is 4.79 Å². The van der Waals surface area contributed by atoms with E-state index in [0.29, 0.717) is 12.8 Å². The second kappa shape index (κ2) is 7.04. The first kappa shape index (κ1) is 13.7. The van der Waals surface area contributed by atoms with Gasteiger partial charge in [0.1, 0.15) is 0 Å². The molecular formula is C13H20N2O2. The quantitative estimate of drug-likeness (QED) is 0.671. The number of nitrogens with two attached hydrogens (primary N) is 1. The van der Waals surface area contributed by atoms with E-state index in [4.69, 9.17) is 10.8 Å². The molecule has 1 unspecified atom stereocenters. The van der Waals surface area contributed by atoms with Crippen LogP contribution in [0.15, 0.2) is 30.3 Å². The Morgan fingerprint density at radius 3 is 2.59 bits per heavy atom. The second-order valence-corrected chi connectivity index (χ2v) is 4.09. The number of amides is 1. The average molecular weight is 236 g/mol. The van der Waals surface area contributed by atoms with E-state index in [9.17, 15) is 4.79 Å². The van der Waals surface area contributed by atoms with Crippen molar-refractivity contribution in [1.82, 2.24) is 5.32 Å². The second-order valence-electron chi connectivity index (χ2n) is 4.09. The Kier molecular flexibility index (Phi) is 5.66. The van der Waals surface area contributed by atoms with Crippen molar-refractivity contribution in [2.24, 2.45) is 5.73 Å². The predicted octanol–water partition coefficient (Wildman–Crippen LogP) is 0.444. The summed E-state index contributed by atoms with van der Waals surface area (Å²) in [5, 5.41) is 11.7. The highest BCUT2D eigenvalue weighted by atomic mass is 16.3. The Balaban J connectivity index is 2.47. The number of benzene rings is 1. The van der Waals surface area contributed by atoms with Gasteiger partial charge in [-0.2, -0.15) is 0 Å². The molecule has 0 spiro atoms. The molecule has 1 aromatic carbocycles. The van der Waals surface area contributed by atoms with Crippen molar-refractivity contribution in [3.8, 4) is 0 Å². The Morgan fingerprint density at radius 1 is 1.41 bits per heavy atom. The van der Waals surface area contributed by atoms with Crippen LogP contribution in [-0.4, -0.2) is 29.7 Å². The van der Waals surface area contributed by atoms with Crippen LogP contribution >= 0.6 is 0 Å². The lowest BCUT2D eigenvalue weighted by atomic mass is 10.1. The van der Waals surface area contributed by atoms with Gasteiger partial charge >= 0.3 is 0 Å². The molecule has 4 heteroatoms. The highest BCUT2D eigenvalue weighted by Gasteiger charge is 2.16. The third kappa shape index (κ3) is 4.54. The molecule has 0 aliphatic carbocycles. The summed E-state index contributed by atoms with van der Waals surface area (Å²) in [6, 6.07) is 8.87. The zero-order valence-corrected chi connectivity index (χ0v) is 10.1. The molecule has 1 amide bonds. The standard InChI is InChI=1S/C13H20N2O2/c1-2-11(9-16)15-13(17)12(14)8-10-6-4-3-5-7-10/h3-7,11-12,16H,2,8-9,14H2,1H3,(H,15,17)/t11?,12-/m1/s1. The molecule has 17 heavy (non-hydrogen) atoms. The SMILES string of the molecule is CCC(CO)NC(=O)[C@H](N)Cc1ccccc1. The third-order valence-electron chi connectivity index (χ3n) is 2.69. The van der Waals surface area contributed by atoms with E-state index in [1.54, 1.807) is 0 Å². The molecule has 0 aromatic heterocycles. The Morgan fingerprint density at radius 2 is 2.06 bits per heavy atom. The first-order valence-electron chi connectivity index (χ1n) is 5.88. The lowest BCUT2D eigenvalue weighted by Gasteiger charge is -2.17. The average Bonchev–Trinajstić information content (AvgIpc) is 2.36. The lowest BCUT2D eigenvalue weighted by Crippen LogP contribution is -2.47. The van der Waals surface area contributed by atoms with Crippen molar-refractivity contribution < 1.29 is 9.90 Å². The molecule has 4 nitrogen and oxygen atoms in total. The van der Waals surface area contributed by atoms with Gasteiger partial charge in [-0.05, 0) is 18.4 Å². The number of carbonyl (C=O) groups is 1. The van der Waals surface area contributed by atoms with Gasteiger partial charge in [0, 0.05) is 0 Å². The molecule has 2 atom stereocenters. The maximum Gasteiger partial charge on any atom is 0.237 e. The molecule has 0 bridgehead atoms. The van der Waals surface area contributed by atoms with Crippen molar-refractivity contribution in [2.75, 3.05) is 6.61 Å². The van der Waals surface area contributed by atoms with Crippen molar-refractivity contribution in [3.05, 3.63) is 35.9 Å². The summed E-state index contributed by atoms with van der Waals surface area (Å²) >= 11 is 0. The van der Waals surface area contributed by atoms with Crippen LogP contribution in [0.3, 0.4) is 0 Å². The maximum atomic E-state index is 11.7. The van der Waals surface area contributed by atoms with Gasteiger partial charge in [-0.25, -0.2) is 0 Å². The Hall–Kier alpha value is -1.39. The van der Waals surface area contributed by atoms with Crippen LogP contribution in [0.5, 0.6) is 0 Å². The van der Waals surface area contributed by atoms with E-state index in [2.05, 4.69) is 5.32 Å². The Bertz CT molecular complexity index is 337. The normalized spacial score (nSPS) is 14.1. The van der Waals surface area contributed by atoms with E-state index < -0.39 is 6.04 Å². The topological polar surface area (TPSA) is 75.3 Å². The minimum Gasteiger partial charge on any atom is -0.394 e. The van der Waals surface area contributed by atoms with Crippen LogP contribution in [-0.2, 0) is 11.2 Å². The van der Waals surface area contributed by atoms with E-state index in [1.165, 1.54) is 0 Å². The van der Waals surface area contributed by atoms with Crippen LogP contribution in [0.1, 0.15) is 18.9 Å².